The van der Waals surface area contributed by atoms with Crippen LogP contribution in [-0.4, -0.2) is 55.5 Å². The number of amides is 2. The predicted molar refractivity (Wildman–Crippen MR) is 104 cm³/mol. The Morgan fingerprint density at radius 1 is 1.23 bits per heavy atom. The van der Waals surface area contributed by atoms with Gasteiger partial charge < -0.3 is 19.9 Å². The van der Waals surface area contributed by atoms with E-state index in [1.54, 1.807) is 4.90 Å². The molecule has 0 bridgehead atoms. The molecule has 1 N–H and O–H groups in total. The maximum absolute atomic E-state index is 12.6. The maximum Gasteiger partial charge on any atom is 0.268 e. The molecule has 0 aliphatic carbocycles. The molecule has 6 heteroatoms. The van der Waals surface area contributed by atoms with E-state index in [1.165, 1.54) is 0 Å². The van der Waals surface area contributed by atoms with Crippen molar-refractivity contribution in [2.24, 2.45) is 0 Å². The number of hydrogen-bond acceptors (Lipinski definition) is 4. The molecule has 1 atom stereocenters. The minimum absolute atomic E-state index is 0.0191. The van der Waals surface area contributed by atoms with Crippen molar-refractivity contribution in [1.29, 1.82) is 0 Å². The lowest BCUT2D eigenvalue weighted by atomic mass is 10.1. The number of carbonyl (C=O) groups excluding carboxylic acids is 2. The summed E-state index contributed by atoms with van der Waals surface area (Å²) in [6.07, 6.45) is 1.37. The van der Waals surface area contributed by atoms with Crippen molar-refractivity contribution in [3.63, 3.8) is 0 Å². The quantitative estimate of drug-likeness (QED) is 0.650. The molecule has 0 aromatic heterocycles. The molecule has 0 saturated heterocycles. The lowest BCUT2D eigenvalue weighted by Crippen LogP contribution is -2.46. The van der Waals surface area contributed by atoms with E-state index in [1.807, 2.05) is 31.2 Å². The highest BCUT2D eigenvalue weighted by Gasteiger charge is 2.32. The largest absolute Gasteiger partial charge is 0.478 e. The molecule has 144 valence electrons. The average Bonchev–Trinajstić information content (AvgIpc) is 2.67. The van der Waals surface area contributed by atoms with E-state index >= 15 is 0 Å². The summed E-state index contributed by atoms with van der Waals surface area (Å²) in [4.78, 5) is 28.8. The van der Waals surface area contributed by atoms with Gasteiger partial charge in [0.1, 0.15) is 5.75 Å². The fourth-order valence-electron chi connectivity index (χ4n) is 3.14. The zero-order chi connectivity index (χ0) is 18.9. The van der Waals surface area contributed by atoms with Gasteiger partial charge in [-0.05, 0) is 44.6 Å². The van der Waals surface area contributed by atoms with E-state index in [4.69, 9.17) is 4.74 Å². The van der Waals surface area contributed by atoms with E-state index in [0.717, 1.165) is 31.7 Å². The Balaban J connectivity index is 1.84. The average molecular weight is 361 g/mol. The van der Waals surface area contributed by atoms with Crippen LogP contribution < -0.4 is 15.0 Å². The van der Waals surface area contributed by atoms with Gasteiger partial charge in [-0.2, -0.15) is 0 Å². The van der Waals surface area contributed by atoms with Crippen LogP contribution in [0.1, 0.15) is 40.0 Å². The van der Waals surface area contributed by atoms with Gasteiger partial charge in [-0.25, -0.2) is 0 Å². The molecule has 0 spiro atoms. The number of anilines is 1. The maximum atomic E-state index is 12.6. The summed E-state index contributed by atoms with van der Waals surface area (Å²) in [6.45, 7) is 10.3. The minimum Gasteiger partial charge on any atom is -0.478 e. The topological polar surface area (TPSA) is 61.9 Å². The normalized spacial score (nSPS) is 16.4. The van der Waals surface area contributed by atoms with Crippen LogP contribution in [0.5, 0.6) is 5.75 Å². The summed E-state index contributed by atoms with van der Waals surface area (Å²) >= 11 is 0. The Kier molecular flexibility index (Phi) is 7.91. The summed E-state index contributed by atoms with van der Waals surface area (Å²) in [5.74, 6) is 0.619. The third kappa shape index (κ3) is 5.21. The Hall–Kier alpha value is -2.08. The first-order valence-corrected chi connectivity index (χ1v) is 9.66. The molecule has 1 aromatic carbocycles. The summed E-state index contributed by atoms with van der Waals surface area (Å²) in [5.41, 5.74) is 0.747. The van der Waals surface area contributed by atoms with Crippen LogP contribution in [0.3, 0.4) is 0 Å². The van der Waals surface area contributed by atoms with E-state index in [-0.39, 0.29) is 11.8 Å². The molecule has 0 saturated carbocycles. The Morgan fingerprint density at radius 3 is 2.65 bits per heavy atom. The number of rotatable bonds is 10. The second kappa shape index (κ2) is 10.2. The molecule has 26 heavy (non-hydrogen) atoms. The molecule has 2 amide bonds. The monoisotopic (exact) mass is 361 g/mol. The first-order chi connectivity index (χ1) is 12.6. The number of nitrogens with one attached hydrogen (secondary N) is 1. The van der Waals surface area contributed by atoms with Crippen LogP contribution in [0.15, 0.2) is 24.3 Å². The first kappa shape index (κ1) is 20.2. The Bertz CT molecular complexity index is 602. The third-order valence-corrected chi connectivity index (χ3v) is 4.77. The van der Waals surface area contributed by atoms with Crippen molar-refractivity contribution in [3.05, 3.63) is 24.3 Å². The van der Waals surface area contributed by atoms with Gasteiger partial charge in [-0.1, -0.05) is 32.9 Å². The summed E-state index contributed by atoms with van der Waals surface area (Å²) in [7, 11) is 0. The number of hydrogen-bond donors (Lipinski definition) is 1. The van der Waals surface area contributed by atoms with Gasteiger partial charge in [0.05, 0.1) is 5.69 Å². The van der Waals surface area contributed by atoms with Gasteiger partial charge in [0.25, 0.3) is 5.91 Å². The number of ether oxygens (including phenoxy) is 1. The van der Waals surface area contributed by atoms with Crippen molar-refractivity contribution in [2.75, 3.05) is 37.6 Å². The highest BCUT2D eigenvalue weighted by atomic mass is 16.5. The van der Waals surface area contributed by atoms with Gasteiger partial charge in [0.15, 0.2) is 6.10 Å². The van der Waals surface area contributed by atoms with Crippen LogP contribution in [0.4, 0.5) is 5.69 Å². The number of nitrogens with zero attached hydrogens (tertiary/aromatic N) is 2. The molecule has 1 unspecified atom stereocenters. The molecular formula is C20H31N3O3. The fourth-order valence-corrected chi connectivity index (χ4v) is 3.14. The fraction of sp³-hybridized carbons (Fsp3) is 0.600. The van der Waals surface area contributed by atoms with Crippen LogP contribution in [-0.2, 0) is 9.59 Å². The lowest BCUT2D eigenvalue weighted by Gasteiger charge is -2.33. The second-order valence-corrected chi connectivity index (χ2v) is 6.45. The predicted octanol–water partition coefficient (Wildman–Crippen LogP) is 2.43. The van der Waals surface area contributed by atoms with Crippen LogP contribution in [0.25, 0.3) is 0 Å². The second-order valence-electron chi connectivity index (χ2n) is 6.45. The van der Waals surface area contributed by atoms with E-state index in [0.29, 0.717) is 31.7 Å². The molecule has 1 aliphatic heterocycles. The number of para-hydroxylation sites is 2. The van der Waals surface area contributed by atoms with Crippen LogP contribution in [0, 0.1) is 0 Å². The van der Waals surface area contributed by atoms with Gasteiger partial charge in [0, 0.05) is 19.5 Å². The van der Waals surface area contributed by atoms with E-state index in [2.05, 4.69) is 24.1 Å². The third-order valence-electron chi connectivity index (χ3n) is 4.77. The van der Waals surface area contributed by atoms with Gasteiger partial charge in [0.2, 0.25) is 5.91 Å². The summed E-state index contributed by atoms with van der Waals surface area (Å²) in [6, 6.07) is 7.50. The summed E-state index contributed by atoms with van der Waals surface area (Å²) < 4.78 is 5.76. The molecule has 1 heterocycles. The zero-order valence-corrected chi connectivity index (χ0v) is 16.2. The van der Waals surface area contributed by atoms with Gasteiger partial charge >= 0.3 is 0 Å². The molecule has 0 radical (unpaired) electrons. The van der Waals surface area contributed by atoms with E-state index < -0.39 is 6.10 Å². The van der Waals surface area contributed by atoms with Crippen molar-refractivity contribution in [1.82, 2.24) is 10.2 Å². The molecule has 0 fully saturated rings. The summed E-state index contributed by atoms with van der Waals surface area (Å²) in [5, 5.41) is 2.95. The van der Waals surface area contributed by atoms with Crippen LogP contribution in [0.2, 0.25) is 0 Å². The number of carbonyl (C=O) groups is 2. The van der Waals surface area contributed by atoms with Crippen molar-refractivity contribution >= 4 is 17.5 Å². The molecule has 6 nitrogen and oxygen atoms in total. The van der Waals surface area contributed by atoms with Gasteiger partial charge in [-0.3, -0.25) is 9.59 Å². The highest BCUT2D eigenvalue weighted by molar-refractivity contribution is 6.00. The Labute approximate surface area is 156 Å². The highest BCUT2D eigenvalue weighted by Crippen LogP contribution is 2.34. The van der Waals surface area contributed by atoms with Gasteiger partial charge in [-0.15, -0.1) is 0 Å². The van der Waals surface area contributed by atoms with Crippen molar-refractivity contribution in [3.8, 4) is 5.75 Å². The van der Waals surface area contributed by atoms with E-state index in [9.17, 15) is 9.59 Å². The molecule has 1 aromatic rings. The van der Waals surface area contributed by atoms with Crippen molar-refractivity contribution < 1.29 is 14.3 Å². The SMILES string of the molecule is CCC1Oc2ccccc2N(CCC(=O)NCCCN(CC)CC)C1=O. The lowest BCUT2D eigenvalue weighted by molar-refractivity contribution is -0.126. The number of benzene rings is 1. The van der Waals surface area contributed by atoms with Crippen molar-refractivity contribution in [2.45, 2.75) is 46.1 Å². The van der Waals surface area contributed by atoms with Crippen LogP contribution >= 0.6 is 0 Å². The molecule has 2 rings (SSSR count). The zero-order valence-electron chi connectivity index (χ0n) is 16.2. The molecule has 1 aliphatic rings. The number of fused-ring (bicyclic) bond motifs is 1. The standard InChI is InChI=1S/C20H31N3O3/c1-4-17-20(25)23(16-10-7-8-11-18(16)26-17)15-12-19(24)21-13-9-14-22(5-2)6-3/h7-8,10-11,17H,4-6,9,12-15H2,1-3H3,(H,21,24). The molecular weight excluding hydrogens is 330 g/mol. The first-order valence-electron chi connectivity index (χ1n) is 9.66. The Morgan fingerprint density at radius 2 is 1.96 bits per heavy atom. The minimum atomic E-state index is -0.470. The smallest absolute Gasteiger partial charge is 0.268 e.